The van der Waals surface area contributed by atoms with Crippen molar-refractivity contribution in [2.24, 2.45) is 5.41 Å². The Labute approximate surface area is 90.5 Å². The smallest absolute Gasteiger partial charge is 0.123 e. The molecular formula is C14H13F. The van der Waals surface area contributed by atoms with Crippen LogP contribution in [0, 0.1) is 34.9 Å². The van der Waals surface area contributed by atoms with E-state index in [4.69, 9.17) is 0 Å². The van der Waals surface area contributed by atoms with Gasteiger partial charge in [0.1, 0.15) is 5.82 Å². The second kappa shape index (κ2) is 4.67. The summed E-state index contributed by atoms with van der Waals surface area (Å²) in [6.07, 6.45) is 0. The van der Waals surface area contributed by atoms with Gasteiger partial charge in [-0.25, -0.2) is 4.39 Å². The van der Waals surface area contributed by atoms with Crippen LogP contribution in [0.2, 0.25) is 0 Å². The van der Waals surface area contributed by atoms with Crippen molar-refractivity contribution in [3.8, 4) is 23.7 Å². The normalized spacial score (nSPS) is 9.60. The Hall–Kier alpha value is -1.73. The summed E-state index contributed by atoms with van der Waals surface area (Å²) < 4.78 is 12.6. The Morgan fingerprint density at radius 3 is 2.13 bits per heavy atom. The molecule has 0 heterocycles. The second-order valence-electron chi connectivity index (χ2n) is 4.26. The van der Waals surface area contributed by atoms with Gasteiger partial charge in [-0.2, -0.15) is 0 Å². The van der Waals surface area contributed by atoms with Gasteiger partial charge in [-0.15, -0.1) is 0 Å². The summed E-state index contributed by atoms with van der Waals surface area (Å²) in [6.45, 7) is 6.08. The van der Waals surface area contributed by atoms with E-state index >= 15 is 0 Å². The van der Waals surface area contributed by atoms with E-state index in [1.165, 1.54) is 12.1 Å². The van der Waals surface area contributed by atoms with Crippen LogP contribution in [0.1, 0.15) is 26.3 Å². The first-order valence-electron chi connectivity index (χ1n) is 4.76. The molecule has 0 amide bonds. The zero-order chi connectivity index (χ0) is 11.3. The maximum atomic E-state index is 12.6. The third-order valence-electron chi connectivity index (χ3n) is 1.55. The lowest BCUT2D eigenvalue weighted by atomic mass is 9.98. The van der Waals surface area contributed by atoms with Gasteiger partial charge in [0.2, 0.25) is 0 Å². The summed E-state index contributed by atoms with van der Waals surface area (Å²) in [5, 5.41) is 0. The summed E-state index contributed by atoms with van der Waals surface area (Å²) in [4.78, 5) is 0. The van der Waals surface area contributed by atoms with Crippen molar-refractivity contribution in [3.63, 3.8) is 0 Å². The molecule has 0 spiro atoms. The van der Waals surface area contributed by atoms with Crippen LogP contribution in [-0.4, -0.2) is 0 Å². The van der Waals surface area contributed by atoms with Crippen molar-refractivity contribution in [1.82, 2.24) is 0 Å². The van der Waals surface area contributed by atoms with E-state index in [1.807, 2.05) is 20.8 Å². The second-order valence-corrected chi connectivity index (χ2v) is 4.26. The third-order valence-corrected chi connectivity index (χ3v) is 1.55. The number of benzene rings is 1. The maximum absolute atomic E-state index is 12.6. The summed E-state index contributed by atoms with van der Waals surface area (Å²) >= 11 is 0. The standard InChI is InChI=1S/C14H13F/c1-14(2,3)11-5-4-6-12-7-9-13(15)10-8-12/h7-10H,1-3H3. The number of rotatable bonds is 0. The van der Waals surface area contributed by atoms with Crippen LogP contribution < -0.4 is 0 Å². The SMILES string of the molecule is CC(C)(C)C#CC#Cc1ccc(F)cc1. The Kier molecular flexibility index (Phi) is 3.53. The first-order valence-corrected chi connectivity index (χ1v) is 4.76. The van der Waals surface area contributed by atoms with Crippen LogP contribution in [0.25, 0.3) is 0 Å². The number of halogens is 1. The van der Waals surface area contributed by atoms with Gasteiger partial charge in [-0.1, -0.05) is 11.8 Å². The van der Waals surface area contributed by atoms with Crippen molar-refractivity contribution < 1.29 is 4.39 Å². The van der Waals surface area contributed by atoms with E-state index in [9.17, 15) is 4.39 Å². The average Bonchev–Trinajstić information content (AvgIpc) is 2.14. The highest BCUT2D eigenvalue weighted by Crippen LogP contribution is 2.09. The van der Waals surface area contributed by atoms with Crippen molar-refractivity contribution in [3.05, 3.63) is 35.6 Å². The summed E-state index contributed by atoms with van der Waals surface area (Å²) in [6, 6.07) is 6.06. The molecule has 0 aliphatic carbocycles. The fourth-order valence-corrected chi connectivity index (χ4v) is 0.855. The third kappa shape index (κ3) is 4.89. The maximum Gasteiger partial charge on any atom is 0.123 e. The van der Waals surface area contributed by atoms with Crippen LogP contribution >= 0.6 is 0 Å². The lowest BCUT2D eigenvalue weighted by Gasteiger charge is -2.05. The highest BCUT2D eigenvalue weighted by atomic mass is 19.1. The Bertz CT molecular complexity index is 439. The molecule has 0 saturated carbocycles. The first kappa shape index (κ1) is 11.3. The van der Waals surface area contributed by atoms with E-state index in [0.717, 1.165) is 5.56 Å². The number of hydrogen-bond donors (Lipinski definition) is 0. The minimum atomic E-state index is -0.249. The van der Waals surface area contributed by atoms with Gasteiger partial charge in [0, 0.05) is 11.0 Å². The molecule has 0 atom stereocenters. The molecule has 1 rings (SSSR count). The highest BCUT2D eigenvalue weighted by Gasteiger charge is 2.02. The van der Waals surface area contributed by atoms with Crippen LogP contribution in [0.4, 0.5) is 4.39 Å². The molecule has 0 aliphatic rings. The quantitative estimate of drug-likeness (QED) is 0.564. The zero-order valence-corrected chi connectivity index (χ0v) is 9.19. The molecule has 0 radical (unpaired) electrons. The zero-order valence-electron chi connectivity index (χ0n) is 9.19. The largest absolute Gasteiger partial charge is 0.207 e. The van der Waals surface area contributed by atoms with Gasteiger partial charge in [0.15, 0.2) is 0 Å². The monoisotopic (exact) mass is 200 g/mol. The molecule has 1 aromatic rings. The lowest BCUT2D eigenvalue weighted by molar-refractivity contribution is 0.571. The fraction of sp³-hybridized carbons (Fsp3) is 0.286. The van der Waals surface area contributed by atoms with Crippen LogP contribution in [0.5, 0.6) is 0 Å². The topological polar surface area (TPSA) is 0 Å². The summed E-state index contributed by atoms with van der Waals surface area (Å²) in [5.74, 6) is 11.1. The molecule has 0 bridgehead atoms. The highest BCUT2D eigenvalue weighted by molar-refractivity contribution is 5.40. The van der Waals surface area contributed by atoms with Gasteiger partial charge in [-0.3, -0.25) is 0 Å². The molecule has 0 unspecified atom stereocenters. The summed E-state index contributed by atoms with van der Waals surface area (Å²) in [5.41, 5.74) is 0.747. The predicted molar refractivity (Wildman–Crippen MR) is 60.5 cm³/mol. The molecule has 0 aliphatic heterocycles. The summed E-state index contributed by atoms with van der Waals surface area (Å²) in [7, 11) is 0. The van der Waals surface area contributed by atoms with Gasteiger partial charge < -0.3 is 0 Å². The molecule has 0 aromatic heterocycles. The van der Waals surface area contributed by atoms with Crippen LogP contribution in [-0.2, 0) is 0 Å². The molecule has 0 N–H and O–H groups in total. The molecule has 0 saturated heterocycles. The molecular weight excluding hydrogens is 187 g/mol. The van der Waals surface area contributed by atoms with Crippen molar-refractivity contribution in [1.29, 1.82) is 0 Å². The van der Waals surface area contributed by atoms with E-state index in [0.29, 0.717) is 0 Å². The minimum absolute atomic E-state index is 0.0303. The molecule has 0 nitrogen and oxygen atoms in total. The van der Waals surface area contributed by atoms with Gasteiger partial charge >= 0.3 is 0 Å². The Morgan fingerprint density at radius 2 is 1.60 bits per heavy atom. The van der Waals surface area contributed by atoms with E-state index in [1.54, 1.807) is 12.1 Å². The van der Waals surface area contributed by atoms with E-state index in [-0.39, 0.29) is 11.2 Å². The van der Waals surface area contributed by atoms with Crippen LogP contribution in [0.3, 0.4) is 0 Å². The predicted octanol–water partition coefficient (Wildman–Crippen LogP) is 3.23. The van der Waals surface area contributed by atoms with Gasteiger partial charge in [-0.05, 0) is 56.9 Å². The number of hydrogen-bond acceptors (Lipinski definition) is 0. The van der Waals surface area contributed by atoms with E-state index in [2.05, 4.69) is 23.7 Å². The van der Waals surface area contributed by atoms with Gasteiger partial charge in [0.25, 0.3) is 0 Å². The molecule has 1 heteroatoms. The minimum Gasteiger partial charge on any atom is -0.207 e. The van der Waals surface area contributed by atoms with Crippen molar-refractivity contribution in [2.75, 3.05) is 0 Å². The Balaban J connectivity index is 2.74. The molecule has 0 fully saturated rings. The van der Waals surface area contributed by atoms with Crippen molar-refractivity contribution >= 4 is 0 Å². The van der Waals surface area contributed by atoms with E-state index < -0.39 is 0 Å². The molecule has 1 aromatic carbocycles. The van der Waals surface area contributed by atoms with Gasteiger partial charge in [0.05, 0.1) is 0 Å². The molecule has 76 valence electrons. The Morgan fingerprint density at radius 1 is 1.00 bits per heavy atom. The average molecular weight is 200 g/mol. The van der Waals surface area contributed by atoms with Crippen molar-refractivity contribution in [2.45, 2.75) is 20.8 Å². The lowest BCUT2D eigenvalue weighted by Crippen LogP contribution is -1.98. The van der Waals surface area contributed by atoms with Crippen LogP contribution in [0.15, 0.2) is 24.3 Å². The molecule has 15 heavy (non-hydrogen) atoms. The first-order chi connectivity index (χ1) is 6.97. The fourth-order valence-electron chi connectivity index (χ4n) is 0.855.